The van der Waals surface area contributed by atoms with Crippen LogP contribution in [0, 0.1) is 22.9 Å². The summed E-state index contributed by atoms with van der Waals surface area (Å²) in [5.74, 6) is -0.290. The maximum absolute atomic E-state index is 13.8. The third kappa shape index (κ3) is 3.14. The Kier molecular flexibility index (Phi) is 4.34. The molecule has 2 rings (SSSR count). The lowest BCUT2D eigenvalue weighted by atomic mass is 10.1. The average Bonchev–Trinajstić information content (AvgIpc) is 2.42. The Bertz CT molecular complexity index is 661. The summed E-state index contributed by atoms with van der Waals surface area (Å²) in [5, 5.41) is 11.1. The number of non-ortho nitro benzene ring substituents is 1. The van der Waals surface area contributed by atoms with Gasteiger partial charge in [0.2, 0.25) is 0 Å². The minimum atomic E-state index is -0.764. The lowest BCUT2D eigenvalue weighted by Crippen LogP contribution is -1.94. The summed E-state index contributed by atoms with van der Waals surface area (Å²) in [5.41, 5.74) is 1.64. The van der Waals surface area contributed by atoms with Gasteiger partial charge in [-0.05, 0) is 19.1 Å². The molecule has 0 saturated heterocycles. The van der Waals surface area contributed by atoms with E-state index in [1.807, 2.05) is 19.1 Å². The zero-order valence-corrected chi connectivity index (χ0v) is 12.2. The van der Waals surface area contributed by atoms with Crippen LogP contribution in [0.3, 0.4) is 0 Å². The van der Waals surface area contributed by atoms with E-state index in [-0.39, 0.29) is 11.4 Å². The van der Waals surface area contributed by atoms with Crippen LogP contribution in [0.2, 0.25) is 0 Å². The van der Waals surface area contributed by atoms with Crippen molar-refractivity contribution in [2.75, 3.05) is 0 Å². The molecule has 0 unspecified atom stereocenters. The molecule has 2 aromatic carbocycles. The molecule has 0 aromatic heterocycles. The van der Waals surface area contributed by atoms with Gasteiger partial charge in [0, 0.05) is 17.0 Å². The normalized spacial score (nSPS) is 10.3. The van der Waals surface area contributed by atoms with Gasteiger partial charge in [0.1, 0.15) is 5.75 Å². The van der Waals surface area contributed by atoms with Crippen molar-refractivity contribution < 1.29 is 14.1 Å². The van der Waals surface area contributed by atoms with Crippen LogP contribution in [0.25, 0.3) is 0 Å². The molecule has 0 saturated carbocycles. The van der Waals surface area contributed by atoms with Gasteiger partial charge in [-0.3, -0.25) is 10.1 Å². The van der Waals surface area contributed by atoms with Crippen molar-refractivity contribution in [1.82, 2.24) is 0 Å². The summed E-state index contributed by atoms with van der Waals surface area (Å²) in [7, 11) is 0. The van der Waals surface area contributed by atoms with Gasteiger partial charge in [-0.25, -0.2) is 4.39 Å². The number of halogens is 2. The molecular formula is C14H11BrFNO3. The topological polar surface area (TPSA) is 52.4 Å². The Morgan fingerprint density at radius 1 is 1.25 bits per heavy atom. The zero-order chi connectivity index (χ0) is 14.7. The summed E-state index contributed by atoms with van der Waals surface area (Å²) >= 11 is 3.34. The molecule has 20 heavy (non-hydrogen) atoms. The van der Waals surface area contributed by atoms with E-state index in [4.69, 9.17) is 4.74 Å². The second-order valence-corrected chi connectivity index (χ2v) is 4.78. The van der Waals surface area contributed by atoms with E-state index in [0.717, 1.165) is 17.2 Å². The van der Waals surface area contributed by atoms with Crippen LogP contribution in [-0.2, 0) is 5.33 Å². The van der Waals surface area contributed by atoms with E-state index in [9.17, 15) is 14.5 Å². The predicted octanol–water partition coefficient (Wildman–Crippen LogP) is 4.73. The van der Waals surface area contributed by atoms with E-state index in [1.54, 1.807) is 6.07 Å². The maximum Gasteiger partial charge on any atom is 0.272 e. The van der Waals surface area contributed by atoms with Gasteiger partial charge in [0.05, 0.1) is 11.0 Å². The van der Waals surface area contributed by atoms with Crippen molar-refractivity contribution in [3.63, 3.8) is 0 Å². The quantitative estimate of drug-likeness (QED) is 0.459. The van der Waals surface area contributed by atoms with E-state index >= 15 is 0 Å². The molecule has 0 aliphatic rings. The first-order valence-electron chi connectivity index (χ1n) is 5.78. The van der Waals surface area contributed by atoms with Crippen LogP contribution in [0.4, 0.5) is 10.1 Å². The fourth-order valence-corrected chi connectivity index (χ4v) is 2.15. The molecule has 6 heteroatoms. The van der Waals surface area contributed by atoms with Crippen LogP contribution in [0.5, 0.6) is 11.5 Å². The smallest absolute Gasteiger partial charge is 0.272 e. The predicted molar refractivity (Wildman–Crippen MR) is 76.9 cm³/mol. The lowest BCUT2D eigenvalue weighted by molar-refractivity contribution is -0.385. The van der Waals surface area contributed by atoms with E-state index < -0.39 is 10.7 Å². The highest BCUT2D eigenvalue weighted by molar-refractivity contribution is 9.08. The van der Waals surface area contributed by atoms with Gasteiger partial charge in [0.25, 0.3) is 5.69 Å². The van der Waals surface area contributed by atoms with Gasteiger partial charge >= 0.3 is 0 Å². The lowest BCUT2D eigenvalue weighted by Gasteiger charge is -2.11. The van der Waals surface area contributed by atoms with Crippen molar-refractivity contribution in [2.24, 2.45) is 0 Å². The number of benzene rings is 2. The van der Waals surface area contributed by atoms with Gasteiger partial charge in [-0.15, -0.1) is 0 Å². The minimum absolute atomic E-state index is 0.0401. The third-order valence-electron chi connectivity index (χ3n) is 2.71. The highest BCUT2D eigenvalue weighted by Gasteiger charge is 2.13. The first kappa shape index (κ1) is 14.5. The maximum atomic E-state index is 13.8. The monoisotopic (exact) mass is 339 g/mol. The molecule has 0 heterocycles. The molecule has 0 aliphatic carbocycles. The number of aryl methyl sites for hydroxylation is 1. The van der Waals surface area contributed by atoms with Crippen LogP contribution in [0.15, 0.2) is 36.4 Å². The SMILES string of the molecule is Cc1ccc(Oc2ccc([N+](=O)[O-])cc2F)c(CBr)c1. The summed E-state index contributed by atoms with van der Waals surface area (Å²) in [4.78, 5) is 9.90. The molecule has 0 N–H and O–H groups in total. The number of hydrogen-bond acceptors (Lipinski definition) is 3. The van der Waals surface area contributed by atoms with Gasteiger partial charge in [-0.2, -0.15) is 0 Å². The van der Waals surface area contributed by atoms with Crippen molar-refractivity contribution in [1.29, 1.82) is 0 Å². The number of alkyl halides is 1. The number of nitro benzene ring substituents is 1. The fourth-order valence-electron chi connectivity index (χ4n) is 1.72. The molecule has 4 nitrogen and oxygen atoms in total. The van der Waals surface area contributed by atoms with Gasteiger partial charge in [0.15, 0.2) is 11.6 Å². The Hall–Kier alpha value is -1.95. The van der Waals surface area contributed by atoms with Crippen LogP contribution in [0.1, 0.15) is 11.1 Å². The van der Waals surface area contributed by atoms with Crippen LogP contribution in [-0.4, -0.2) is 4.92 Å². The molecule has 104 valence electrons. The van der Waals surface area contributed by atoms with Crippen LogP contribution < -0.4 is 4.74 Å². The zero-order valence-electron chi connectivity index (χ0n) is 10.6. The molecule has 2 aromatic rings. The summed E-state index contributed by atoms with van der Waals surface area (Å²) in [6, 6.07) is 8.83. The van der Waals surface area contributed by atoms with Crippen molar-refractivity contribution in [3.05, 3.63) is 63.5 Å². The largest absolute Gasteiger partial charge is 0.454 e. The molecule has 0 radical (unpaired) electrons. The number of hydrogen-bond donors (Lipinski definition) is 0. The average molecular weight is 340 g/mol. The number of ether oxygens (including phenoxy) is 1. The Balaban J connectivity index is 2.33. The molecule has 0 bridgehead atoms. The first-order valence-corrected chi connectivity index (χ1v) is 6.90. The fraction of sp³-hybridized carbons (Fsp3) is 0.143. The number of nitro groups is 1. The van der Waals surface area contributed by atoms with Gasteiger partial charge in [-0.1, -0.05) is 33.6 Å². The molecule has 0 atom stereocenters. The Morgan fingerprint density at radius 2 is 1.95 bits per heavy atom. The van der Waals surface area contributed by atoms with Crippen LogP contribution >= 0.6 is 15.9 Å². The highest BCUT2D eigenvalue weighted by Crippen LogP contribution is 2.31. The molecule has 0 spiro atoms. The van der Waals surface area contributed by atoms with E-state index in [1.165, 1.54) is 12.1 Å². The van der Waals surface area contributed by atoms with Gasteiger partial charge < -0.3 is 4.74 Å². The molecule has 0 amide bonds. The van der Waals surface area contributed by atoms with Crippen molar-refractivity contribution >= 4 is 21.6 Å². The Morgan fingerprint density at radius 3 is 2.55 bits per heavy atom. The summed E-state index contributed by atoms with van der Waals surface area (Å²) in [6.07, 6.45) is 0. The molecular weight excluding hydrogens is 329 g/mol. The van der Waals surface area contributed by atoms with E-state index in [0.29, 0.717) is 11.1 Å². The third-order valence-corrected chi connectivity index (χ3v) is 3.31. The highest BCUT2D eigenvalue weighted by atomic mass is 79.9. The van der Waals surface area contributed by atoms with Crippen molar-refractivity contribution in [2.45, 2.75) is 12.3 Å². The summed E-state index contributed by atoms with van der Waals surface area (Å²) < 4.78 is 19.3. The number of nitrogens with zero attached hydrogens (tertiary/aromatic N) is 1. The second-order valence-electron chi connectivity index (χ2n) is 4.22. The van der Waals surface area contributed by atoms with E-state index in [2.05, 4.69) is 15.9 Å². The molecule has 0 aliphatic heterocycles. The minimum Gasteiger partial charge on any atom is -0.454 e. The molecule has 0 fully saturated rings. The van der Waals surface area contributed by atoms with Crippen molar-refractivity contribution in [3.8, 4) is 11.5 Å². The summed E-state index contributed by atoms with van der Waals surface area (Å²) in [6.45, 7) is 1.95. The number of rotatable bonds is 4. The first-order chi connectivity index (χ1) is 9.51. The second kappa shape index (κ2) is 6.00. The Labute approximate surface area is 123 Å². The standard InChI is InChI=1S/C14H11BrFNO3/c1-9-2-4-13(10(6-9)8-15)20-14-5-3-11(17(18)19)7-12(14)16/h2-7H,8H2,1H3.